The third kappa shape index (κ3) is 7.40. The van der Waals surface area contributed by atoms with E-state index in [0.717, 1.165) is 99.1 Å². The smallest absolute Gasteiger partial charge is 0.149 e. The predicted molar refractivity (Wildman–Crippen MR) is 291 cm³/mol. The second-order valence-electron chi connectivity index (χ2n) is 21.8. The average Bonchev–Trinajstić information content (AvgIpc) is 4.04. The van der Waals surface area contributed by atoms with E-state index in [4.69, 9.17) is 18.8 Å². The van der Waals surface area contributed by atoms with Gasteiger partial charge >= 0.3 is 0 Å². The quantitative estimate of drug-likeness (QED) is 0.133. The molecule has 0 fully saturated rings. The summed E-state index contributed by atoms with van der Waals surface area (Å²) in [5.74, 6) is 1.25. The first-order chi connectivity index (χ1) is 33.5. The molecule has 0 saturated heterocycles. The second-order valence-corrected chi connectivity index (χ2v) is 21.8. The van der Waals surface area contributed by atoms with E-state index >= 15 is 0 Å². The average molecular weight is 1110 g/mol. The zero-order valence-corrected chi connectivity index (χ0v) is 44.1. The van der Waals surface area contributed by atoms with Gasteiger partial charge in [-0.2, -0.15) is 0 Å². The molecule has 0 aliphatic carbocycles. The van der Waals surface area contributed by atoms with Gasteiger partial charge in [-0.1, -0.05) is 177 Å². The minimum Gasteiger partial charge on any atom is -0.507 e. The number of aromatic hydroxyl groups is 1. The normalized spacial score (nSPS) is 12.6. The van der Waals surface area contributed by atoms with Crippen LogP contribution in [0.1, 0.15) is 103 Å². The van der Waals surface area contributed by atoms with Crippen LogP contribution in [0.3, 0.4) is 0 Å². The van der Waals surface area contributed by atoms with Crippen molar-refractivity contribution in [3.8, 4) is 45.2 Å². The standard InChI is InChI=1S/C64H56N3O3.Pt/c1-35(2)44-29-38(37-19-12-11-13-20-37)30-45(36(3)4)59(44)67-52-24-18-23-41(58(52)66-62(67)49-31-39(63(5,6)7)32-50(60(49)68)64(8,9)10)51-28-27-43-56-42-22-15-17-26-54(42)70-61(56)48-33-46-40-21-14-16-25-53(40)69-55(46)34-47(48)57(43)65-51;/h11-33,35-36,68H,1-10H3;/q-1;. The molecule has 4 heterocycles. The molecular formula is C64H56N3O3Pt-. The second kappa shape index (κ2) is 16.8. The Morgan fingerprint density at radius 3 is 1.90 bits per heavy atom. The summed E-state index contributed by atoms with van der Waals surface area (Å²) in [5, 5.41) is 19.5. The van der Waals surface area contributed by atoms with E-state index in [9.17, 15) is 5.11 Å². The van der Waals surface area contributed by atoms with Gasteiger partial charge in [0, 0.05) is 43.0 Å². The maximum atomic E-state index is 12.7. The molecule has 1 N–H and O–H groups in total. The Kier molecular flexibility index (Phi) is 11.0. The molecule has 12 aromatic rings. The van der Waals surface area contributed by atoms with Gasteiger partial charge in [-0.25, -0.2) is 4.98 Å². The van der Waals surface area contributed by atoms with E-state index < -0.39 is 0 Å². The summed E-state index contributed by atoms with van der Waals surface area (Å²) < 4.78 is 15.5. The van der Waals surface area contributed by atoms with Crippen molar-refractivity contribution >= 4 is 76.6 Å². The van der Waals surface area contributed by atoms with Gasteiger partial charge in [0.25, 0.3) is 0 Å². The summed E-state index contributed by atoms with van der Waals surface area (Å²) in [7, 11) is 0. The molecule has 0 aliphatic rings. The molecule has 0 unspecified atom stereocenters. The minimum atomic E-state index is -0.347. The van der Waals surface area contributed by atoms with Crippen LogP contribution in [0.4, 0.5) is 0 Å². The van der Waals surface area contributed by atoms with Gasteiger partial charge < -0.3 is 13.9 Å². The first kappa shape index (κ1) is 46.4. The molecule has 356 valence electrons. The van der Waals surface area contributed by atoms with Crippen molar-refractivity contribution in [3.63, 3.8) is 0 Å². The van der Waals surface area contributed by atoms with Gasteiger partial charge in [-0.15, -0.1) is 11.5 Å². The number of nitrogens with zero attached hydrogens (tertiary/aromatic N) is 3. The number of furan rings is 2. The van der Waals surface area contributed by atoms with E-state index in [1.54, 1.807) is 0 Å². The molecule has 0 saturated carbocycles. The van der Waals surface area contributed by atoms with E-state index in [2.05, 4.69) is 189 Å². The summed E-state index contributed by atoms with van der Waals surface area (Å²) in [6.45, 7) is 22.3. The van der Waals surface area contributed by atoms with Crippen LogP contribution < -0.4 is 0 Å². The molecule has 0 bridgehead atoms. The maximum Gasteiger partial charge on any atom is 0.149 e. The first-order valence-electron chi connectivity index (χ1n) is 24.6. The number of aromatic nitrogens is 3. The first-order valence-corrected chi connectivity index (χ1v) is 24.6. The third-order valence-electron chi connectivity index (χ3n) is 14.4. The zero-order chi connectivity index (χ0) is 48.5. The van der Waals surface area contributed by atoms with Crippen LogP contribution in [-0.4, -0.2) is 19.6 Å². The van der Waals surface area contributed by atoms with Crippen LogP contribution in [0.25, 0.3) is 116 Å². The summed E-state index contributed by atoms with van der Waals surface area (Å²) in [4.78, 5) is 11.4. The number of imidazole rings is 1. The van der Waals surface area contributed by atoms with E-state index in [0.29, 0.717) is 17.0 Å². The van der Waals surface area contributed by atoms with Crippen molar-refractivity contribution in [2.24, 2.45) is 0 Å². The molecule has 12 rings (SSSR count). The van der Waals surface area contributed by atoms with Crippen LogP contribution in [0, 0.1) is 6.07 Å². The maximum absolute atomic E-state index is 12.7. The Morgan fingerprint density at radius 2 is 1.23 bits per heavy atom. The molecule has 0 spiro atoms. The van der Waals surface area contributed by atoms with Gasteiger partial charge in [-0.05, 0) is 109 Å². The summed E-state index contributed by atoms with van der Waals surface area (Å²) in [6.07, 6.45) is 0. The van der Waals surface area contributed by atoms with Gasteiger partial charge in [0.15, 0.2) is 0 Å². The van der Waals surface area contributed by atoms with Gasteiger partial charge in [0.1, 0.15) is 28.3 Å². The molecule has 71 heavy (non-hydrogen) atoms. The topological polar surface area (TPSA) is 77.2 Å². The Labute approximate surface area is 428 Å². The molecule has 0 amide bonds. The number of fused-ring (bicyclic) bond motifs is 12. The van der Waals surface area contributed by atoms with Gasteiger partial charge in [0.05, 0.1) is 33.6 Å². The largest absolute Gasteiger partial charge is 0.507 e. The fourth-order valence-electron chi connectivity index (χ4n) is 10.7. The number of para-hydroxylation sites is 3. The van der Waals surface area contributed by atoms with Crippen molar-refractivity contribution in [3.05, 3.63) is 168 Å². The number of hydrogen-bond acceptors (Lipinski definition) is 5. The molecule has 0 radical (unpaired) electrons. The number of hydrogen-bond donors (Lipinski definition) is 1. The van der Waals surface area contributed by atoms with Crippen molar-refractivity contribution in [2.75, 3.05) is 0 Å². The van der Waals surface area contributed by atoms with Crippen molar-refractivity contribution in [1.82, 2.24) is 14.5 Å². The number of pyridine rings is 1. The van der Waals surface area contributed by atoms with Crippen molar-refractivity contribution in [1.29, 1.82) is 0 Å². The van der Waals surface area contributed by atoms with Crippen LogP contribution in [0.5, 0.6) is 5.75 Å². The summed E-state index contributed by atoms with van der Waals surface area (Å²) in [6, 6.07) is 52.7. The number of benzene rings is 8. The fraction of sp³-hybridized carbons (Fsp3) is 0.219. The minimum absolute atomic E-state index is 0. The monoisotopic (exact) mass is 1110 g/mol. The number of rotatable bonds is 6. The van der Waals surface area contributed by atoms with Crippen LogP contribution >= 0.6 is 0 Å². The molecule has 7 heteroatoms. The molecule has 0 aliphatic heterocycles. The molecule has 4 aromatic heterocycles. The van der Waals surface area contributed by atoms with Gasteiger partial charge in [-0.3, -0.25) is 9.55 Å². The Bertz CT molecular complexity index is 4070. The van der Waals surface area contributed by atoms with E-state index in [-0.39, 0.29) is 49.5 Å². The molecule has 8 aromatic carbocycles. The Morgan fingerprint density at radius 1 is 0.563 bits per heavy atom. The van der Waals surface area contributed by atoms with Crippen LogP contribution in [0.2, 0.25) is 0 Å². The zero-order valence-electron chi connectivity index (χ0n) is 41.9. The number of phenolic OH excluding ortho intramolecular Hbond substituents is 1. The summed E-state index contributed by atoms with van der Waals surface area (Å²) >= 11 is 0. The van der Waals surface area contributed by atoms with Gasteiger partial charge in [0.2, 0.25) is 0 Å². The third-order valence-corrected chi connectivity index (χ3v) is 14.4. The summed E-state index contributed by atoms with van der Waals surface area (Å²) in [5.41, 5.74) is 15.3. The fourth-order valence-corrected chi connectivity index (χ4v) is 10.7. The molecule has 0 atom stereocenters. The Hall–Kier alpha value is -7.01. The van der Waals surface area contributed by atoms with Crippen LogP contribution in [0.15, 0.2) is 148 Å². The predicted octanol–water partition coefficient (Wildman–Crippen LogP) is 17.9. The van der Waals surface area contributed by atoms with E-state index in [1.165, 1.54) is 22.3 Å². The Balaban J connectivity index is 0.00000547. The van der Waals surface area contributed by atoms with E-state index in [1.807, 2.05) is 30.3 Å². The molecular weight excluding hydrogens is 1050 g/mol. The van der Waals surface area contributed by atoms with Crippen molar-refractivity contribution < 1.29 is 35.0 Å². The van der Waals surface area contributed by atoms with Crippen LogP contribution in [-0.2, 0) is 31.9 Å². The van der Waals surface area contributed by atoms with Crippen molar-refractivity contribution in [2.45, 2.75) is 91.9 Å². The SMILES string of the molecule is CC(C)c1cc(-c2ccccc2)cc(C(C)C)c1-n1c(-c2cc(C(C)(C)C)cc(C(C)(C)C)c2O)nc2c(-c3ccc4c(n3)c3[c-]c5oc6ccccc6c5cc3c3oc5ccccc5c43)cccc21.[Pt]. The number of phenols is 1. The molecule has 6 nitrogen and oxygen atoms in total.